The monoisotopic (exact) mass is 320 g/mol. The minimum Gasteiger partial charge on any atom is -0.369 e. The zero-order chi connectivity index (χ0) is 16.4. The summed E-state index contributed by atoms with van der Waals surface area (Å²) in [5.74, 6) is -0.948. The molecule has 2 heterocycles. The van der Waals surface area contributed by atoms with E-state index in [1.54, 1.807) is 13.0 Å². The van der Waals surface area contributed by atoms with Gasteiger partial charge in [0, 0.05) is 12.2 Å². The molecule has 120 valence electrons. The maximum Gasteiger partial charge on any atom is 0.451 e. The van der Waals surface area contributed by atoms with Gasteiger partial charge in [-0.25, -0.2) is 9.97 Å². The van der Waals surface area contributed by atoms with Crippen molar-refractivity contribution in [2.45, 2.75) is 19.5 Å². The number of benzene rings is 1. The molecule has 0 aliphatic carbocycles. The molecule has 2 aromatic heterocycles. The molecule has 0 atom stereocenters. The first kappa shape index (κ1) is 15.3. The predicted molar refractivity (Wildman–Crippen MR) is 82.3 cm³/mol. The van der Waals surface area contributed by atoms with Crippen molar-refractivity contribution < 1.29 is 13.2 Å². The molecule has 0 saturated carbocycles. The number of nitrogens with one attached hydrogen (secondary N) is 2. The number of H-pyrrole nitrogens is 1. The van der Waals surface area contributed by atoms with Crippen LogP contribution in [0.1, 0.15) is 17.1 Å². The number of aromatic nitrogens is 3. The first-order chi connectivity index (χ1) is 10.9. The zero-order valence-corrected chi connectivity index (χ0v) is 12.4. The fourth-order valence-electron chi connectivity index (χ4n) is 2.37. The number of halogens is 3. The Labute approximate surface area is 130 Å². The molecule has 4 nitrogen and oxygen atoms in total. The Balaban J connectivity index is 1.86. The zero-order valence-electron chi connectivity index (χ0n) is 12.4. The highest BCUT2D eigenvalue weighted by Gasteiger charge is 2.35. The number of aromatic amines is 1. The van der Waals surface area contributed by atoms with Gasteiger partial charge in [0.25, 0.3) is 0 Å². The second-order valence-corrected chi connectivity index (χ2v) is 5.27. The van der Waals surface area contributed by atoms with Crippen LogP contribution in [0.3, 0.4) is 0 Å². The molecule has 2 N–H and O–H groups in total. The van der Waals surface area contributed by atoms with Crippen molar-refractivity contribution in [3.8, 4) is 0 Å². The number of aryl methyl sites for hydroxylation is 1. The predicted octanol–water partition coefficient (Wildman–Crippen LogP) is 3.94. The second kappa shape index (κ2) is 5.91. The van der Waals surface area contributed by atoms with Gasteiger partial charge in [-0.05, 0) is 25.0 Å². The van der Waals surface area contributed by atoms with Crippen LogP contribution in [0.4, 0.5) is 19.0 Å². The minimum absolute atomic E-state index is 0.187. The SMILES string of the molecule is Cc1cc2c(NCCc3ccccc3)nc(C(F)(F)F)nc2[nH]1. The van der Waals surface area contributed by atoms with Gasteiger partial charge in [0.2, 0.25) is 5.82 Å². The average molecular weight is 320 g/mol. The molecule has 3 rings (SSSR count). The van der Waals surface area contributed by atoms with E-state index >= 15 is 0 Å². The molecule has 0 amide bonds. The van der Waals surface area contributed by atoms with Gasteiger partial charge in [-0.15, -0.1) is 0 Å². The van der Waals surface area contributed by atoms with E-state index in [1.807, 2.05) is 30.3 Å². The lowest BCUT2D eigenvalue weighted by Crippen LogP contribution is -2.14. The van der Waals surface area contributed by atoms with Crippen LogP contribution in [0.5, 0.6) is 0 Å². The second-order valence-electron chi connectivity index (χ2n) is 5.27. The fraction of sp³-hybridized carbons (Fsp3) is 0.250. The van der Waals surface area contributed by atoms with Crippen LogP contribution < -0.4 is 5.32 Å². The van der Waals surface area contributed by atoms with Crippen molar-refractivity contribution in [2.24, 2.45) is 0 Å². The number of nitrogens with zero attached hydrogens (tertiary/aromatic N) is 2. The van der Waals surface area contributed by atoms with Crippen molar-refractivity contribution in [3.05, 3.63) is 53.5 Å². The maximum absolute atomic E-state index is 12.9. The van der Waals surface area contributed by atoms with Gasteiger partial charge < -0.3 is 10.3 Å². The number of fused-ring (bicyclic) bond motifs is 1. The lowest BCUT2D eigenvalue weighted by atomic mass is 10.1. The van der Waals surface area contributed by atoms with Crippen molar-refractivity contribution in [1.29, 1.82) is 0 Å². The quantitative estimate of drug-likeness (QED) is 0.765. The largest absolute Gasteiger partial charge is 0.451 e. The first-order valence-corrected chi connectivity index (χ1v) is 7.16. The molecule has 1 aromatic carbocycles. The van der Waals surface area contributed by atoms with Gasteiger partial charge in [0.05, 0.1) is 5.39 Å². The highest BCUT2D eigenvalue weighted by atomic mass is 19.4. The van der Waals surface area contributed by atoms with E-state index in [2.05, 4.69) is 20.3 Å². The standard InChI is InChI=1S/C16H15F3N4/c1-10-9-12-13(20-8-7-11-5-3-2-4-6-11)22-15(16(17,18)19)23-14(12)21-10/h2-6,9H,7-8H2,1H3,(H2,20,21,22,23). The Hall–Kier alpha value is -2.57. The molecule has 3 aromatic rings. The summed E-state index contributed by atoms with van der Waals surface area (Å²) in [5, 5.41) is 3.55. The summed E-state index contributed by atoms with van der Waals surface area (Å²) in [6.07, 6.45) is -3.89. The van der Waals surface area contributed by atoms with Gasteiger partial charge >= 0.3 is 6.18 Å². The fourth-order valence-corrected chi connectivity index (χ4v) is 2.37. The number of hydrogen-bond donors (Lipinski definition) is 2. The summed E-state index contributed by atoms with van der Waals surface area (Å²) in [6.45, 7) is 2.25. The molecule has 7 heteroatoms. The Morgan fingerprint density at radius 1 is 1.13 bits per heavy atom. The van der Waals surface area contributed by atoms with E-state index < -0.39 is 12.0 Å². The van der Waals surface area contributed by atoms with Crippen LogP contribution in [0.25, 0.3) is 11.0 Å². The van der Waals surface area contributed by atoms with Crippen LogP contribution >= 0.6 is 0 Å². The summed E-state index contributed by atoms with van der Waals surface area (Å²) in [4.78, 5) is 10.0. The normalized spacial score (nSPS) is 11.8. The minimum atomic E-state index is -4.58. The van der Waals surface area contributed by atoms with Gasteiger partial charge in [0.15, 0.2) is 0 Å². The van der Waals surface area contributed by atoms with Crippen LogP contribution in [0, 0.1) is 6.92 Å². The van der Waals surface area contributed by atoms with Crippen LogP contribution in [0.2, 0.25) is 0 Å². The summed E-state index contributed by atoms with van der Waals surface area (Å²) in [5.41, 5.74) is 2.03. The molecular formula is C16H15F3N4. The molecule has 0 aliphatic rings. The maximum atomic E-state index is 12.9. The third-order valence-electron chi connectivity index (χ3n) is 3.42. The summed E-state index contributed by atoms with van der Waals surface area (Å²) < 4.78 is 38.8. The summed E-state index contributed by atoms with van der Waals surface area (Å²) in [6, 6.07) is 11.5. The number of anilines is 1. The molecular weight excluding hydrogens is 305 g/mol. The van der Waals surface area contributed by atoms with Crippen molar-refractivity contribution in [1.82, 2.24) is 15.0 Å². The highest BCUT2D eigenvalue weighted by Crippen LogP contribution is 2.30. The highest BCUT2D eigenvalue weighted by molar-refractivity contribution is 5.87. The molecule has 0 spiro atoms. The molecule has 23 heavy (non-hydrogen) atoms. The Morgan fingerprint density at radius 2 is 1.87 bits per heavy atom. The van der Waals surface area contributed by atoms with E-state index in [0.717, 1.165) is 11.3 Å². The summed E-state index contributed by atoms with van der Waals surface area (Å²) in [7, 11) is 0. The van der Waals surface area contributed by atoms with E-state index in [9.17, 15) is 13.2 Å². The van der Waals surface area contributed by atoms with E-state index in [0.29, 0.717) is 18.4 Å². The molecule has 0 bridgehead atoms. The van der Waals surface area contributed by atoms with Gasteiger partial charge in [0.1, 0.15) is 11.5 Å². The molecule has 0 unspecified atom stereocenters. The molecule has 0 saturated heterocycles. The number of rotatable bonds is 4. The van der Waals surface area contributed by atoms with Gasteiger partial charge in [-0.1, -0.05) is 30.3 Å². The average Bonchev–Trinajstić information content (AvgIpc) is 2.88. The number of hydrogen-bond acceptors (Lipinski definition) is 3. The first-order valence-electron chi connectivity index (χ1n) is 7.16. The van der Waals surface area contributed by atoms with Gasteiger partial charge in [-0.3, -0.25) is 0 Å². The third-order valence-corrected chi connectivity index (χ3v) is 3.42. The van der Waals surface area contributed by atoms with Crippen LogP contribution in [0.15, 0.2) is 36.4 Å². The number of alkyl halides is 3. The Bertz CT molecular complexity index is 809. The molecule has 0 fully saturated rings. The lowest BCUT2D eigenvalue weighted by Gasteiger charge is -2.10. The Morgan fingerprint density at radius 3 is 2.57 bits per heavy atom. The van der Waals surface area contributed by atoms with Crippen LogP contribution in [-0.4, -0.2) is 21.5 Å². The van der Waals surface area contributed by atoms with E-state index in [1.165, 1.54) is 0 Å². The van der Waals surface area contributed by atoms with Gasteiger partial charge in [-0.2, -0.15) is 13.2 Å². The van der Waals surface area contributed by atoms with Crippen molar-refractivity contribution >= 4 is 16.9 Å². The van der Waals surface area contributed by atoms with Crippen LogP contribution in [-0.2, 0) is 12.6 Å². The van der Waals surface area contributed by atoms with E-state index in [4.69, 9.17) is 0 Å². The summed E-state index contributed by atoms with van der Waals surface area (Å²) >= 11 is 0. The van der Waals surface area contributed by atoms with E-state index in [-0.39, 0.29) is 11.5 Å². The van der Waals surface area contributed by atoms with Crippen molar-refractivity contribution in [2.75, 3.05) is 11.9 Å². The Kier molecular flexibility index (Phi) is 3.94. The molecule has 0 radical (unpaired) electrons. The smallest absolute Gasteiger partial charge is 0.369 e. The third kappa shape index (κ3) is 3.44. The molecule has 0 aliphatic heterocycles. The van der Waals surface area contributed by atoms with Crippen molar-refractivity contribution in [3.63, 3.8) is 0 Å². The topological polar surface area (TPSA) is 53.6 Å². The lowest BCUT2D eigenvalue weighted by molar-refractivity contribution is -0.144.